The molecule has 0 radical (unpaired) electrons. The molecule has 4 rings (SSSR count). The minimum absolute atomic E-state index is 0.0154. The summed E-state index contributed by atoms with van der Waals surface area (Å²) in [5, 5.41) is 2.57. The van der Waals surface area contributed by atoms with Gasteiger partial charge in [-0.2, -0.15) is 0 Å². The molecule has 232 valence electrons. The van der Waals surface area contributed by atoms with Crippen LogP contribution in [0.2, 0.25) is 21.7 Å². The highest BCUT2D eigenvalue weighted by atomic mass is 28.4. The number of rotatable bonds is 12. The first kappa shape index (κ1) is 33.4. The second-order valence-electron chi connectivity index (χ2n) is 14.1. The van der Waals surface area contributed by atoms with Gasteiger partial charge in [0.2, 0.25) is 8.32 Å². The molecule has 3 aromatic carbocycles. The quantitative estimate of drug-likeness (QED) is 0.190. The van der Waals surface area contributed by atoms with Crippen LogP contribution in [0.4, 0.5) is 0 Å². The van der Waals surface area contributed by atoms with Crippen molar-refractivity contribution in [2.24, 2.45) is 0 Å². The van der Waals surface area contributed by atoms with Gasteiger partial charge in [0.05, 0.1) is 6.10 Å². The van der Waals surface area contributed by atoms with Gasteiger partial charge in [0, 0.05) is 25.0 Å². The van der Waals surface area contributed by atoms with Crippen LogP contribution in [-0.2, 0) is 13.6 Å². The molecule has 0 aromatic heterocycles. The average molecular weight is 615 g/mol. The smallest absolute Gasteiger partial charge is 0.261 e. The van der Waals surface area contributed by atoms with E-state index in [1.165, 1.54) is 10.4 Å². The third kappa shape index (κ3) is 7.11. The van der Waals surface area contributed by atoms with Gasteiger partial charge >= 0.3 is 0 Å². The van der Waals surface area contributed by atoms with Crippen LogP contribution in [0.1, 0.15) is 80.7 Å². The summed E-state index contributed by atoms with van der Waals surface area (Å²) < 4.78 is 21.3. The highest BCUT2D eigenvalue weighted by Gasteiger charge is 2.50. The second kappa shape index (κ2) is 14.1. The fourth-order valence-electron chi connectivity index (χ4n) is 7.56. The third-order valence-corrected chi connectivity index (χ3v) is 20.6. The molecule has 0 saturated carbocycles. The zero-order valence-electron chi connectivity index (χ0n) is 28.0. The van der Waals surface area contributed by atoms with Crippen molar-refractivity contribution in [2.75, 3.05) is 6.61 Å². The largest absolute Gasteiger partial charge is 0.490 e. The van der Waals surface area contributed by atoms with E-state index in [1.54, 1.807) is 0 Å². The molecule has 0 bridgehead atoms. The Morgan fingerprint density at radius 3 is 1.63 bits per heavy atom. The first-order chi connectivity index (χ1) is 20.4. The van der Waals surface area contributed by atoms with Gasteiger partial charge in [0.15, 0.2) is 0 Å². The predicted molar refractivity (Wildman–Crippen MR) is 188 cm³/mol. The molecule has 43 heavy (non-hydrogen) atoms. The lowest BCUT2D eigenvalue weighted by atomic mass is 10.0. The Morgan fingerprint density at radius 2 is 1.19 bits per heavy atom. The number of benzene rings is 3. The molecular weight excluding hydrogens is 561 g/mol. The molecule has 0 unspecified atom stereocenters. The van der Waals surface area contributed by atoms with Crippen LogP contribution in [0.15, 0.2) is 97.1 Å². The van der Waals surface area contributed by atoms with Crippen LogP contribution in [0.25, 0.3) is 5.76 Å². The molecule has 3 aromatic rings. The summed E-state index contributed by atoms with van der Waals surface area (Å²) in [6.45, 7) is 21.8. The summed E-state index contributed by atoms with van der Waals surface area (Å²) in [5.74, 6) is 0.937. The summed E-state index contributed by atoms with van der Waals surface area (Å²) in [4.78, 5) is 0. The SMILES string of the molecule is CC(C)[Si](O[C@H]1C=C(c2ccccc2)O[C@H](CCO[Si](c2ccccc2)(c2ccccc2)C(C)(C)C)C1)(C(C)C)C(C)C. The molecule has 0 aliphatic carbocycles. The van der Waals surface area contributed by atoms with Crippen molar-refractivity contribution < 1.29 is 13.6 Å². The highest BCUT2D eigenvalue weighted by molar-refractivity contribution is 6.99. The Labute approximate surface area is 263 Å². The van der Waals surface area contributed by atoms with Crippen molar-refractivity contribution in [3.05, 3.63) is 103 Å². The number of hydrogen-bond acceptors (Lipinski definition) is 3. The molecule has 1 aliphatic heterocycles. The predicted octanol–water partition coefficient (Wildman–Crippen LogP) is 9.34. The van der Waals surface area contributed by atoms with Crippen LogP contribution in [0, 0.1) is 0 Å². The standard InChI is InChI=1S/C38H54O3Si2/c1-29(2)42(30(3)4,31(5)6)41-34-27-33(40-37(28-34)32-19-13-10-14-20-32)25-26-39-43(38(7,8)9,35-21-15-11-16-22-35)36-23-17-12-18-24-36/h10-24,28-31,33-34H,25-27H2,1-9H3/t33-,34-/m1/s1. The molecule has 0 spiro atoms. The van der Waals surface area contributed by atoms with Crippen molar-refractivity contribution >= 4 is 32.8 Å². The average Bonchev–Trinajstić information content (AvgIpc) is 2.98. The van der Waals surface area contributed by atoms with Crippen LogP contribution >= 0.6 is 0 Å². The first-order valence-corrected chi connectivity index (χ1v) is 20.3. The first-order valence-electron chi connectivity index (χ1n) is 16.3. The molecule has 1 aliphatic rings. The van der Waals surface area contributed by atoms with E-state index in [0.29, 0.717) is 23.2 Å². The lowest BCUT2D eigenvalue weighted by Crippen LogP contribution is -2.66. The van der Waals surface area contributed by atoms with Gasteiger partial charge in [-0.3, -0.25) is 0 Å². The Balaban J connectivity index is 1.64. The molecule has 5 heteroatoms. The molecule has 0 fully saturated rings. The van der Waals surface area contributed by atoms with Gasteiger partial charge < -0.3 is 13.6 Å². The third-order valence-electron chi connectivity index (χ3n) is 9.42. The van der Waals surface area contributed by atoms with Gasteiger partial charge in [-0.25, -0.2) is 0 Å². The Morgan fingerprint density at radius 1 is 0.721 bits per heavy atom. The van der Waals surface area contributed by atoms with E-state index in [2.05, 4.69) is 159 Å². The van der Waals surface area contributed by atoms with Gasteiger partial charge in [-0.1, -0.05) is 153 Å². The van der Waals surface area contributed by atoms with E-state index in [-0.39, 0.29) is 17.2 Å². The van der Waals surface area contributed by atoms with Crippen molar-refractivity contribution in [3.63, 3.8) is 0 Å². The summed E-state index contributed by atoms with van der Waals surface area (Å²) in [6, 6.07) is 32.3. The van der Waals surface area contributed by atoms with Crippen molar-refractivity contribution in [1.82, 2.24) is 0 Å². The fourth-order valence-corrected chi connectivity index (χ4v) is 17.6. The van der Waals surface area contributed by atoms with Crippen molar-refractivity contribution in [2.45, 2.75) is 109 Å². The second-order valence-corrected chi connectivity index (χ2v) is 23.9. The van der Waals surface area contributed by atoms with Crippen molar-refractivity contribution in [1.29, 1.82) is 0 Å². The Kier molecular flexibility index (Phi) is 11.0. The number of ether oxygens (including phenoxy) is 1. The summed E-state index contributed by atoms with van der Waals surface area (Å²) in [5.41, 5.74) is 2.70. The molecular formula is C38H54O3Si2. The summed E-state index contributed by atoms with van der Waals surface area (Å²) >= 11 is 0. The lowest BCUT2D eigenvalue weighted by molar-refractivity contribution is 0.0662. The highest BCUT2D eigenvalue weighted by Crippen LogP contribution is 2.45. The molecule has 1 heterocycles. The monoisotopic (exact) mass is 614 g/mol. The maximum absolute atomic E-state index is 7.34. The zero-order chi connectivity index (χ0) is 31.3. The maximum atomic E-state index is 7.34. The van der Waals surface area contributed by atoms with E-state index in [9.17, 15) is 0 Å². The van der Waals surface area contributed by atoms with Crippen LogP contribution < -0.4 is 10.4 Å². The van der Waals surface area contributed by atoms with Crippen LogP contribution in [0.3, 0.4) is 0 Å². The van der Waals surface area contributed by atoms with E-state index in [0.717, 1.165) is 24.2 Å². The molecule has 0 saturated heterocycles. The van der Waals surface area contributed by atoms with Crippen molar-refractivity contribution in [3.8, 4) is 0 Å². The van der Waals surface area contributed by atoms with E-state index in [4.69, 9.17) is 13.6 Å². The molecule has 0 amide bonds. The Bertz CT molecular complexity index is 1240. The van der Waals surface area contributed by atoms with E-state index in [1.807, 2.05) is 0 Å². The number of hydrogen-bond donors (Lipinski definition) is 0. The minimum Gasteiger partial charge on any atom is -0.490 e. The normalized spacial score (nSPS) is 18.2. The Hall–Kier alpha value is -2.45. The van der Waals surface area contributed by atoms with Gasteiger partial charge in [0.1, 0.15) is 11.9 Å². The molecule has 2 atom stereocenters. The van der Waals surface area contributed by atoms with Crippen LogP contribution in [-0.4, -0.2) is 35.4 Å². The summed E-state index contributed by atoms with van der Waals surface area (Å²) in [7, 11) is -4.68. The van der Waals surface area contributed by atoms with E-state index >= 15 is 0 Å². The molecule has 3 nitrogen and oxygen atoms in total. The van der Waals surface area contributed by atoms with Gasteiger partial charge in [0.25, 0.3) is 8.32 Å². The summed E-state index contributed by atoms with van der Waals surface area (Å²) in [6.07, 6.45) is 3.96. The fraction of sp³-hybridized carbons (Fsp3) is 0.474. The van der Waals surface area contributed by atoms with E-state index < -0.39 is 16.6 Å². The molecule has 0 N–H and O–H groups in total. The van der Waals surface area contributed by atoms with Crippen LogP contribution in [0.5, 0.6) is 0 Å². The maximum Gasteiger partial charge on any atom is 0.261 e. The van der Waals surface area contributed by atoms with Gasteiger partial charge in [-0.05, 0) is 38.1 Å². The topological polar surface area (TPSA) is 27.7 Å². The van der Waals surface area contributed by atoms with Gasteiger partial charge in [-0.15, -0.1) is 0 Å². The lowest BCUT2D eigenvalue weighted by Gasteiger charge is -2.46. The zero-order valence-corrected chi connectivity index (χ0v) is 30.0. The minimum atomic E-state index is -2.61.